The van der Waals surface area contributed by atoms with Crippen LogP contribution in [0, 0.1) is 23.0 Å². The fraction of sp³-hybridized carbons (Fsp3) is 0.167. The average molecular weight is 187 g/mol. The Morgan fingerprint density at radius 2 is 1.85 bits per heavy atom. The quantitative estimate of drug-likeness (QED) is 0.330. The maximum Gasteiger partial charge on any atom is 0.154 e. The topological polar surface area (TPSA) is 0 Å². The van der Waals surface area contributed by atoms with Crippen LogP contribution in [0.3, 0.4) is 0 Å². The van der Waals surface area contributed by atoms with Crippen molar-refractivity contribution >= 4 is 11.8 Å². The minimum Gasteiger partial charge on any atom is -0.101 e. The third-order valence-electron chi connectivity index (χ3n) is 1.44. The van der Waals surface area contributed by atoms with E-state index in [0.29, 0.717) is 0 Å². The highest BCUT2D eigenvalue weighted by molar-refractivity contribution is 7.82. The summed E-state index contributed by atoms with van der Waals surface area (Å²) in [5.41, 5.74) is 2.07. The SMILES string of the molecule is CC#Cc1cccc(C#C[SH+]C)c1. The summed E-state index contributed by atoms with van der Waals surface area (Å²) < 4.78 is 0. The number of rotatable bonds is 0. The lowest BCUT2D eigenvalue weighted by Crippen LogP contribution is -1.77. The van der Waals surface area contributed by atoms with Crippen molar-refractivity contribution in [2.45, 2.75) is 6.92 Å². The molecule has 0 unspecified atom stereocenters. The van der Waals surface area contributed by atoms with Gasteiger partial charge in [-0.15, -0.1) is 5.92 Å². The van der Waals surface area contributed by atoms with Gasteiger partial charge >= 0.3 is 0 Å². The van der Waals surface area contributed by atoms with Gasteiger partial charge in [0.25, 0.3) is 0 Å². The largest absolute Gasteiger partial charge is 0.154 e. The van der Waals surface area contributed by atoms with Gasteiger partial charge in [-0.2, -0.15) is 0 Å². The maximum atomic E-state index is 3.06. The highest BCUT2D eigenvalue weighted by Gasteiger charge is 1.89. The molecule has 0 bridgehead atoms. The third-order valence-corrected chi connectivity index (χ3v) is 1.78. The monoisotopic (exact) mass is 187 g/mol. The summed E-state index contributed by atoms with van der Waals surface area (Å²) in [5, 5.41) is 3.01. The molecule has 64 valence electrons. The average Bonchev–Trinajstić information content (AvgIpc) is 2.16. The summed E-state index contributed by atoms with van der Waals surface area (Å²) in [5.74, 6) is 8.93. The Kier molecular flexibility index (Phi) is 4.03. The summed E-state index contributed by atoms with van der Waals surface area (Å²) >= 11 is 1.10. The van der Waals surface area contributed by atoms with Crippen molar-refractivity contribution in [3.8, 4) is 23.0 Å². The van der Waals surface area contributed by atoms with Crippen molar-refractivity contribution in [1.82, 2.24) is 0 Å². The molecule has 0 aromatic heterocycles. The number of hydrogen-bond acceptors (Lipinski definition) is 0. The number of thiol groups is 1. The van der Waals surface area contributed by atoms with Crippen LogP contribution in [0.5, 0.6) is 0 Å². The van der Waals surface area contributed by atoms with E-state index in [1.165, 1.54) is 0 Å². The molecular weight excluding hydrogens is 176 g/mol. The standard InChI is InChI=1S/C12H10S/c1-3-5-11-6-4-7-12(10-11)8-9-13-2/h4,6-7,10H,1-2H3/p+1. The Morgan fingerprint density at radius 3 is 2.46 bits per heavy atom. The van der Waals surface area contributed by atoms with E-state index in [-0.39, 0.29) is 0 Å². The van der Waals surface area contributed by atoms with E-state index >= 15 is 0 Å². The second kappa shape index (κ2) is 5.36. The van der Waals surface area contributed by atoms with Crippen molar-refractivity contribution in [2.75, 3.05) is 6.26 Å². The van der Waals surface area contributed by atoms with Gasteiger partial charge in [-0.1, -0.05) is 12.0 Å². The van der Waals surface area contributed by atoms with E-state index in [9.17, 15) is 0 Å². The first-order valence-corrected chi connectivity index (χ1v) is 5.33. The predicted molar refractivity (Wildman–Crippen MR) is 60.6 cm³/mol. The number of hydrogen-bond donors (Lipinski definition) is 0. The van der Waals surface area contributed by atoms with Gasteiger partial charge in [-0.3, -0.25) is 0 Å². The molecule has 0 aliphatic rings. The Hall–Kier alpha value is -1.31. The zero-order valence-electron chi connectivity index (χ0n) is 7.76. The summed E-state index contributed by atoms with van der Waals surface area (Å²) in [7, 11) is 0. The normalized spacial score (nSPS) is 7.85. The van der Waals surface area contributed by atoms with Crippen molar-refractivity contribution in [2.24, 2.45) is 0 Å². The number of benzene rings is 1. The molecule has 0 spiro atoms. The minimum atomic E-state index is 1.03. The second-order valence-corrected chi connectivity index (χ2v) is 3.09. The molecule has 0 saturated carbocycles. The second-order valence-electron chi connectivity index (χ2n) is 2.42. The van der Waals surface area contributed by atoms with Crippen LogP contribution in [0.4, 0.5) is 0 Å². The third kappa shape index (κ3) is 3.28. The Balaban J connectivity index is 2.96. The molecule has 1 rings (SSSR count). The summed E-state index contributed by atoms with van der Waals surface area (Å²) in [6.45, 7) is 1.84. The van der Waals surface area contributed by atoms with E-state index in [0.717, 1.165) is 22.9 Å². The van der Waals surface area contributed by atoms with Gasteiger partial charge in [0.15, 0.2) is 5.25 Å². The van der Waals surface area contributed by atoms with Gasteiger partial charge in [0.2, 0.25) is 0 Å². The highest BCUT2D eigenvalue weighted by Crippen LogP contribution is 2.02. The van der Waals surface area contributed by atoms with Gasteiger partial charge in [0.05, 0.1) is 11.8 Å². The van der Waals surface area contributed by atoms with Crippen molar-refractivity contribution in [3.63, 3.8) is 0 Å². The van der Waals surface area contributed by atoms with E-state index in [1.54, 1.807) is 0 Å². The van der Waals surface area contributed by atoms with Crippen LogP contribution in [0.1, 0.15) is 18.1 Å². The summed E-state index contributed by atoms with van der Waals surface area (Å²) in [6, 6.07) is 7.98. The smallest absolute Gasteiger partial charge is 0.101 e. The molecule has 0 aliphatic carbocycles. The van der Waals surface area contributed by atoms with Gasteiger partial charge in [-0.05, 0) is 31.0 Å². The molecule has 13 heavy (non-hydrogen) atoms. The molecule has 0 amide bonds. The van der Waals surface area contributed by atoms with Crippen molar-refractivity contribution < 1.29 is 0 Å². The van der Waals surface area contributed by atoms with E-state index in [4.69, 9.17) is 0 Å². The first kappa shape index (κ1) is 9.78. The van der Waals surface area contributed by atoms with E-state index in [1.807, 2.05) is 37.4 Å². The Morgan fingerprint density at radius 1 is 1.15 bits per heavy atom. The van der Waals surface area contributed by atoms with Crippen molar-refractivity contribution in [1.29, 1.82) is 0 Å². The fourth-order valence-electron chi connectivity index (χ4n) is 0.939. The molecule has 0 nitrogen and oxygen atoms in total. The predicted octanol–water partition coefficient (Wildman–Crippen LogP) is 1.81. The van der Waals surface area contributed by atoms with Gasteiger partial charge in [0.1, 0.15) is 6.26 Å². The first-order chi connectivity index (χ1) is 6.36. The summed E-state index contributed by atoms with van der Waals surface area (Å²) in [6.07, 6.45) is 2.02. The zero-order chi connectivity index (χ0) is 9.52. The highest BCUT2D eigenvalue weighted by atomic mass is 32.2. The lowest BCUT2D eigenvalue weighted by atomic mass is 10.1. The van der Waals surface area contributed by atoms with Gasteiger partial charge < -0.3 is 0 Å². The molecule has 0 heterocycles. The lowest BCUT2D eigenvalue weighted by molar-refractivity contribution is 1.60. The molecule has 0 radical (unpaired) electrons. The van der Waals surface area contributed by atoms with Crippen molar-refractivity contribution in [3.05, 3.63) is 35.4 Å². The summed E-state index contributed by atoms with van der Waals surface area (Å²) in [4.78, 5) is 0. The molecule has 0 N–H and O–H groups in total. The van der Waals surface area contributed by atoms with Crippen LogP contribution in [-0.2, 0) is 11.8 Å². The molecule has 0 aliphatic heterocycles. The van der Waals surface area contributed by atoms with E-state index in [2.05, 4.69) is 23.0 Å². The molecule has 1 heteroatoms. The Labute approximate surface area is 83.7 Å². The molecule has 0 saturated heterocycles. The van der Waals surface area contributed by atoms with E-state index < -0.39 is 0 Å². The Bertz CT molecular complexity index is 396. The van der Waals surface area contributed by atoms with Crippen LogP contribution in [0.25, 0.3) is 0 Å². The molecule has 0 fully saturated rings. The molecule has 0 atom stereocenters. The van der Waals surface area contributed by atoms with Crippen LogP contribution < -0.4 is 0 Å². The van der Waals surface area contributed by atoms with Crippen LogP contribution in [-0.4, -0.2) is 6.26 Å². The van der Waals surface area contributed by atoms with Gasteiger partial charge in [0, 0.05) is 11.1 Å². The lowest BCUT2D eigenvalue weighted by Gasteiger charge is -1.90. The zero-order valence-corrected chi connectivity index (χ0v) is 8.65. The molecular formula is C12H11S+. The molecule has 1 aromatic carbocycles. The minimum absolute atomic E-state index is 1.03. The molecule has 1 aromatic rings. The van der Waals surface area contributed by atoms with Crippen LogP contribution >= 0.6 is 0 Å². The first-order valence-electron chi connectivity index (χ1n) is 3.99. The van der Waals surface area contributed by atoms with Gasteiger partial charge in [-0.25, -0.2) is 0 Å². The maximum absolute atomic E-state index is 3.06. The van der Waals surface area contributed by atoms with Crippen LogP contribution in [0.2, 0.25) is 0 Å². The van der Waals surface area contributed by atoms with Crippen LogP contribution in [0.15, 0.2) is 24.3 Å². The fourth-order valence-corrected chi connectivity index (χ4v) is 1.18.